The highest BCUT2D eigenvalue weighted by atomic mass is 79.9. The van der Waals surface area contributed by atoms with Gasteiger partial charge in [0.15, 0.2) is 0 Å². The number of benzene rings is 1. The van der Waals surface area contributed by atoms with Gasteiger partial charge in [0.05, 0.1) is 5.02 Å². The van der Waals surface area contributed by atoms with E-state index < -0.39 is 0 Å². The van der Waals surface area contributed by atoms with Gasteiger partial charge < -0.3 is 10.5 Å². The highest BCUT2D eigenvalue weighted by Gasteiger charge is 2.11. The van der Waals surface area contributed by atoms with Crippen molar-refractivity contribution >= 4 is 27.5 Å². The summed E-state index contributed by atoms with van der Waals surface area (Å²) in [6, 6.07) is 5.80. The van der Waals surface area contributed by atoms with Crippen molar-refractivity contribution < 1.29 is 4.74 Å². The second-order valence-electron chi connectivity index (χ2n) is 3.38. The Morgan fingerprint density at radius 2 is 2.27 bits per heavy atom. The molecule has 15 heavy (non-hydrogen) atoms. The summed E-state index contributed by atoms with van der Waals surface area (Å²) in [6.07, 6.45) is 1.82. The highest BCUT2D eigenvalue weighted by Crippen LogP contribution is 2.30. The van der Waals surface area contributed by atoms with Crippen LogP contribution in [0.2, 0.25) is 5.02 Å². The molecule has 1 rings (SSSR count). The van der Waals surface area contributed by atoms with Crippen LogP contribution in [0.3, 0.4) is 0 Å². The molecule has 0 saturated heterocycles. The van der Waals surface area contributed by atoms with E-state index in [0.29, 0.717) is 5.02 Å². The Morgan fingerprint density at radius 1 is 1.53 bits per heavy atom. The molecule has 1 aromatic carbocycles. The third-order valence-electron chi connectivity index (χ3n) is 2.24. The normalized spacial score (nSPS) is 12.8. The van der Waals surface area contributed by atoms with E-state index in [4.69, 9.17) is 22.1 Å². The van der Waals surface area contributed by atoms with Gasteiger partial charge in [-0.25, -0.2) is 0 Å². The van der Waals surface area contributed by atoms with Gasteiger partial charge in [0.2, 0.25) is 0 Å². The van der Waals surface area contributed by atoms with Gasteiger partial charge in [-0.15, -0.1) is 0 Å². The van der Waals surface area contributed by atoms with E-state index in [2.05, 4.69) is 15.9 Å². The molecular weight excluding hydrogens is 277 g/mol. The Balaban J connectivity index is 2.65. The smallest absolute Gasteiger partial charge is 0.0595 e. The van der Waals surface area contributed by atoms with Gasteiger partial charge in [-0.3, -0.25) is 0 Å². The van der Waals surface area contributed by atoms with Crippen LogP contribution in [0.4, 0.5) is 0 Å². The number of ether oxygens (including phenoxy) is 1. The fraction of sp³-hybridized carbons (Fsp3) is 0.455. The van der Waals surface area contributed by atoms with Crippen LogP contribution < -0.4 is 5.73 Å². The van der Waals surface area contributed by atoms with E-state index in [9.17, 15) is 0 Å². The lowest BCUT2D eigenvalue weighted by atomic mass is 10.0. The third-order valence-corrected chi connectivity index (χ3v) is 3.56. The van der Waals surface area contributed by atoms with Gasteiger partial charge in [0.25, 0.3) is 0 Å². The summed E-state index contributed by atoms with van der Waals surface area (Å²) in [7, 11) is 1.69. The third kappa shape index (κ3) is 3.76. The number of nitrogens with two attached hydrogens (primary N) is 1. The van der Waals surface area contributed by atoms with Gasteiger partial charge in [0.1, 0.15) is 0 Å². The molecule has 1 aromatic rings. The summed E-state index contributed by atoms with van der Waals surface area (Å²) >= 11 is 9.53. The molecule has 0 saturated carbocycles. The Kier molecular flexibility index (Phi) is 5.61. The monoisotopic (exact) mass is 291 g/mol. The quantitative estimate of drug-likeness (QED) is 0.843. The number of hydrogen-bond acceptors (Lipinski definition) is 2. The van der Waals surface area contributed by atoms with E-state index in [1.54, 1.807) is 7.11 Å². The first kappa shape index (κ1) is 13.0. The first-order chi connectivity index (χ1) is 7.16. The molecule has 0 bridgehead atoms. The lowest BCUT2D eigenvalue weighted by molar-refractivity contribution is 0.190. The summed E-state index contributed by atoms with van der Waals surface area (Å²) in [5.41, 5.74) is 7.03. The van der Waals surface area contributed by atoms with Crippen molar-refractivity contribution in [2.45, 2.75) is 18.9 Å². The molecule has 1 atom stereocenters. The minimum absolute atomic E-state index is 0.0230. The predicted octanol–water partition coefficient (Wildman–Crippen LogP) is 3.53. The Morgan fingerprint density at radius 3 is 2.93 bits per heavy atom. The summed E-state index contributed by atoms with van der Waals surface area (Å²) in [5.74, 6) is 0. The van der Waals surface area contributed by atoms with E-state index in [-0.39, 0.29) is 6.04 Å². The molecule has 2 nitrogen and oxygen atoms in total. The lowest BCUT2D eigenvalue weighted by Crippen LogP contribution is -2.11. The maximum atomic E-state index is 6.14. The van der Waals surface area contributed by atoms with Crippen molar-refractivity contribution in [2.24, 2.45) is 5.73 Å². The SMILES string of the molecule is COCCCC(N)c1cccc(Br)c1Cl. The zero-order valence-electron chi connectivity index (χ0n) is 8.67. The number of hydrogen-bond donors (Lipinski definition) is 1. The van der Waals surface area contributed by atoms with Crippen molar-refractivity contribution in [2.75, 3.05) is 13.7 Å². The zero-order chi connectivity index (χ0) is 11.3. The van der Waals surface area contributed by atoms with E-state index in [1.807, 2.05) is 18.2 Å². The van der Waals surface area contributed by atoms with Gasteiger partial charge >= 0.3 is 0 Å². The van der Waals surface area contributed by atoms with Crippen LogP contribution in [-0.2, 0) is 4.74 Å². The van der Waals surface area contributed by atoms with Gasteiger partial charge in [-0.2, -0.15) is 0 Å². The first-order valence-corrected chi connectivity index (χ1v) is 6.02. The Bertz CT molecular complexity index is 319. The molecule has 2 N–H and O–H groups in total. The van der Waals surface area contributed by atoms with E-state index in [1.165, 1.54) is 0 Å². The van der Waals surface area contributed by atoms with Crippen LogP contribution in [0, 0.1) is 0 Å². The molecule has 0 aliphatic rings. The van der Waals surface area contributed by atoms with Gasteiger partial charge in [-0.05, 0) is 40.4 Å². The molecule has 0 fully saturated rings. The van der Waals surface area contributed by atoms with Crippen molar-refractivity contribution in [3.63, 3.8) is 0 Å². The van der Waals surface area contributed by atoms with Crippen LogP contribution in [0.15, 0.2) is 22.7 Å². The Hall–Kier alpha value is -0.0900. The standard InChI is InChI=1S/C11H15BrClNO/c1-15-7-3-6-10(14)8-4-2-5-9(12)11(8)13/h2,4-5,10H,3,6-7,14H2,1H3. The number of rotatable bonds is 5. The summed E-state index contributed by atoms with van der Waals surface area (Å²) in [6.45, 7) is 0.735. The predicted molar refractivity (Wildman–Crippen MR) is 67.2 cm³/mol. The molecular formula is C11H15BrClNO. The lowest BCUT2D eigenvalue weighted by Gasteiger charge is -2.14. The fourth-order valence-corrected chi connectivity index (χ4v) is 2.06. The van der Waals surface area contributed by atoms with Crippen molar-refractivity contribution in [1.82, 2.24) is 0 Å². The molecule has 0 heterocycles. The molecule has 1 unspecified atom stereocenters. The second-order valence-corrected chi connectivity index (χ2v) is 4.62. The average molecular weight is 293 g/mol. The summed E-state index contributed by atoms with van der Waals surface area (Å²) in [4.78, 5) is 0. The fourth-order valence-electron chi connectivity index (χ4n) is 1.41. The average Bonchev–Trinajstić information content (AvgIpc) is 2.22. The minimum Gasteiger partial charge on any atom is -0.385 e. The second kappa shape index (κ2) is 6.48. The van der Waals surface area contributed by atoms with Crippen molar-refractivity contribution in [1.29, 1.82) is 0 Å². The van der Waals surface area contributed by atoms with Crippen molar-refractivity contribution in [3.05, 3.63) is 33.3 Å². The molecule has 84 valence electrons. The van der Waals surface area contributed by atoms with Crippen LogP contribution in [-0.4, -0.2) is 13.7 Å². The van der Waals surface area contributed by atoms with Gasteiger partial charge in [0, 0.05) is 24.2 Å². The van der Waals surface area contributed by atoms with E-state index >= 15 is 0 Å². The maximum Gasteiger partial charge on any atom is 0.0595 e. The Labute approximate surface area is 104 Å². The largest absolute Gasteiger partial charge is 0.385 e. The molecule has 0 amide bonds. The minimum atomic E-state index is -0.0230. The van der Waals surface area contributed by atoms with Gasteiger partial charge in [-0.1, -0.05) is 23.7 Å². The number of methoxy groups -OCH3 is 1. The molecule has 0 radical (unpaired) electrons. The van der Waals surface area contributed by atoms with Crippen molar-refractivity contribution in [3.8, 4) is 0 Å². The van der Waals surface area contributed by atoms with Crippen LogP contribution in [0.1, 0.15) is 24.4 Å². The number of halogens is 2. The molecule has 0 spiro atoms. The zero-order valence-corrected chi connectivity index (χ0v) is 11.0. The van der Waals surface area contributed by atoms with Crippen LogP contribution in [0.5, 0.6) is 0 Å². The summed E-state index contributed by atoms with van der Waals surface area (Å²) in [5, 5.41) is 0.711. The summed E-state index contributed by atoms with van der Waals surface area (Å²) < 4.78 is 5.88. The molecule has 0 aromatic heterocycles. The molecule has 4 heteroatoms. The molecule has 0 aliphatic heterocycles. The van der Waals surface area contributed by atoms with Crippen LogP contribution >= 0.6 is 27.5 Å². The topological polar surface area (TPSA) is 35.2 Å². The van der Waals surface area contributed by atoms with E-state index in [0.717, 1.165) is 29.5 Å². The first-order valence-electron chi connectivity index (χ1n) is 4.85. The molecule has 0 aliphatic carbocycles. The maximum absolute atomic E-state index is 6.14. The highest BCUT2D eigenvalue weighted by molar-refractivity contribution is 9.10. The van der Waals surface area contributed by atoms with Crippen LogP contribution in [0.25, 0.3) is 0 Å².